The maximum Gasteiger partial charge on any atom is 0.251 e. The number of nitrogen functional groups attached to an aromatic ring is 1. The fourth-order valence-corrected chi connectivity index (χ4v) is 2.42. The molecule has 3 aromatic rings. The van der Waals surface area contributed by atoms with E-state index in [0.717, 1.165) is 24.2 Å². The molecule has 0 aliphatic rings. The molecule has 6 heteroatoms. The molecular formula is C18H19N5O. The number of rotatable bonds is 6. The Morgan fingerprint density at radius 3 is 2.62 bits per heavy atom. The number of nitrogens with zero attached hydrogens (tertiary/aromatic N) is 3. The summed E-state index contributed by atoms with van der Waals surface area (Å²) in [7, 11) is 0. The molecular weight excluding hydrogens is 302 g/mol. The molecule has 0 atom stereocenters. The monoisotopic (exact) mass is 321 g/mol. The number of hydrogen-bond donors (Lipinski definition) is 2. The number of anilines is 1. The number of hydrogen-bond acceptors (Lipinski definition) is 4. The molecule has 0 saturated carbocycles. The Morgan fingerprint density at radius 2 is 1.88 bits per heavy atom. The smallest absolute Gasteiger partial charge is 0.251 e. The van der Waals surface area contributed by atoms with E-state index in [9.17, 15) is 4.79 Å². The summed E-state index contributed by atoms with van der Waals surface area (Å²) in [5.74, 6) is 0.517. The van der Waals surface area contributed by atoms with Crippen LogP contribution in [0.1, 0.15) is 22.5 Å². The number of para-hydroxylation sites is 1. The minimum Gasteiger partial charge on any atom is -0.384 e. The number of nitrogens with one attached hydrogen (secondary N) is 1. The number of nitrogens with two attached hydrogens (primary N) is 1. The normalized spacial score (nSPS) is 10.5. The first kappa shape index (κ1) is 15.7. The van der Waals surface area contributed by atoms with Gasteiger partial charge in [0.15, 0.2) is 0 Å². The van der Waals surface area contributed by atoms with Crippen LogP contribution in [0.2, 0.25) is 0 Å². The van der Waals surface area contributed by atoms with Gasteiger partial charge in [0, 0.05) is 30.6 Å². The molecule has 3 N–H and O–H groups in total. The largest absolute Gasteiger partial charge is 0.384 e. The molecule has 122 valence electrons. The molecule has 1 amide bonds. The molecule has 0 aliphatic carbocycles. The van der Waals surface area contributed by atoms with Crippen LogP contribution in [0.5, 0.6) is 0 Å². The van der Waals surface area contributed by atoms with Gasteiger partial charge in [-0.2, -0.15) is 5.10 Å². The van der Waals surface area contributed by atoms with Gasteiger partial charge in [-0.3, -0.25) is 9.78 Å². The van der Waals surface area contributed by atoms with E-state index in [2.05, 4.69) is 15.4 Å². The van der Waals surface area contributed by atoms with Gasteiger partial charge in [-0.25, -0.2) is 4.68 Å². The van der Waals surface area contributed by atoms with Gasteiger partial charge in [0.1, 0.15) is 5.82 Å². The van der Waals surface area contributed by atoms with Gasteiger partial charge in [0.2, 0.25) is 0 Å². The molecule has 3 rings (SSSR count). The fourth-order valence-electron chi connectivity index (χ4n) is 2.42. The maximum atomic E-state index is 11.9. The van der Waals surface area contributed by atoms with Crippen molar-refractivity contribution in [3.05, 3.63) is 72.2 Å². The summed E-state index contributed by atoms with van der Waals surface area (Å²) >= 11 is 0. The molecule has 0 bridgehead atoms. The van der Waals surface area contributed by atoms with Crippen molar-refractivity contribution >= 4 is 11.7 Å². The number of benzene rings is 1. The average Bonchev–Trinajstić information content (AvgIpc) is 3.01. The number of aryl methyl sites for hydroxylation is 1. The molecule has 1 aromatic carbocycles. The van der Waals surface area contributed by atoms with Crippen LogP contribution in [0.15, 0.2) is 60.9 Å². The highest BCUT2D eigenvalue weighted by atomic mass is 16.1. The van der Waals surface area contributed by atoms with Crippen molar-refractivity contribution < 1.29 is 4.79 Å². The molecule has 24 heavy (non-hydrogen) atoms. The van der Waals surface area contributed by atoms with Gasteiger partial charge in [0.05, 0.1) is 11.4 Å². The Balaban J connectivity index is 1.52. The fraction of sp³-hybridized carbons (Fsp3) is 0.167. The predicted molar refractivity (Wildman–Crippen MR) is 92.9 cm³/mol. The van der Waals surface area contributed by atoms with E-state index in [0.29, 0.717) is 17.9 Å². The first-order valence-electron chi connectivity index (χ1n) is 7.82. The van der Waals surface area contributed by atoms with Crippen molar-refractivity contribution in [3.8, 4) is 5.69 Å². The van der Waals surface area contributed by atoms with Crippen LogP contribution < -0.4 is 11.1 Å². The SMILES string of the molecule is Nc1cc(CCCNC(=O)c2ccncc2)nn1-c1ccccc1. The highest BCUT2D eigenvalue weighted by molar-refractivity contribution is 5.93. The Bertz CT molecular complexity index is 799. The van der Waals surface area contributed by atoms with E-state index in [1.165, 1.54) is 0 Å². The second kappa shape index (κ2) is 7.41. The molecule has 6 nitrogen and oxygen atoms in total. The second-order valence-corrected chi connectivity index (χ2v) is 5.40. The summed E-state index contributed by atoms with van der Waals surface area (Å²) < 4.78 is 1.73. The van der Waals surface area contributed by atoms with E-state index in [4.69, 9.17) is 5.73 Å². The third-order valence-corrected chi connectivity index (χ3v) is 3.63. The summed E-state index contributed by atoms with van der Waals surface area (Å²) in [5.41, 5.74) is 8.49. The molecule has 0 fully saturated rings. The third-order valence-electron chi connectivity index (χ3n) is 3.63. The van der Waals surface area contributed by atoms with Gasteiger partial charge >= 0.3 is 0 Å². The van der Waals surface area contributed by atoms with Crippen LogP contribution >= 0.6 is 0 Å². The quantitative estimate of drug-likeness (QED) is 0.682. The van der Waals surface area contributed by atoms with Crippen LogP contribution in [0, 0.1) is 0 Å². The van der Waals surface area contributed by atoms with E-state index < -0.39 is 0 Å². The van der Waals surface area contributed by atoms with E-state index >= 15 is 0 Å². The first-order chi connectivity index (χ1) is 11.7. The van der Waals surface area contributed by atoms with Crippen LogP contribution in [0.25, 0.3) is 5.69 Å². The zero-order valence-electron chi connectivity index (χ0n) is 13.2. The zero-order chi connectivity index (χ0) is 16.8. The minimum absolute atomic E-state index is 0.0910. The Hall–Kier alpha value is -3.15. The highest BCUT2D eigenvalue weighted by Crippen LogP contribution is 2.14. The molecule has 2 heterocycles. The summed E-state index contributed by atoms with van der Waals surface area (Å²) in [6.45, 7) is 0.583. The predicted octanol–water partition coefficient (Wildman–Crippen LogP) is 2.21. The van der Waals surface area contributed by atoms with E-state index in [-0.39, 0.29) is 5.91 Å². The molecule has 2 aromatic heterocycles. The van der Waals surface area contributed by atoms with Crippen LogP contribution in [0.4, 0.5) is 5.82 Å². The third kappa shape index (κ3) is 3.78. The summed E-state index contributed by atoms with van der Waals surface area (Å²) in [6, 6.07) is 15.0. The molecule has 0 saturated heterocycles. The highest BCUT2D eigenvalue weighted by Gasteiger charge is 2.07. The lowest BCUT2D eigenvalue weighted by Crippen LogP contribution is -2.24. The minimum atomic E-state index is -0.0910. The van der Waals surface area contributed by atoms with Crippen LogP contribution in [0.3, 0.4) is 0 Å². The average molecular weight is 321 g/mol. The Morgan fingerprint density at radius 1 is 1.12 bits per heavy atom. The van der Waals surface area contributed by atoms with Crippen LogP contribution in [-0.4, -0.2) is 27.2 Å². The van der Waals surface area contributed by atoms with Gasteiger partial charge in [-0.1, -0.05) is 18.2 Å². The van der Waals surface area contributed by atoms with Crippen molar-refractivity contribution in [3.63, 3.8) is 0 Å². The van der Waals surface area contributed by atoms with Crippen molar-refractivity contribution in [2.75, 3.05) is 12.3 Å². The topological polar surface area (TPSA) is 85.8 Å². The van der Waals surface area contributed by atoms with Crippen molar-refractivity contribution in [2.24, 2.45) is 0 Å². The van der Waals surface area contributed by atoms with E-state index in [1.54, 1.807) is 29.2 Å². The van der Waals surface area contributed by atoms with Crippen molar-refractivity contribution in [1.82, 2.24) is 20.1 Å². The van der Waals surface area contributed by atoms with Crippen molar-refractivity contribution in [2.45, 2.75) is 12.8 Å². The lowest BCUT2D eigenvalue weighted by Gasteiger charge is -2.04. The number of aromatic nitrogens is 3. The second-order valence-electron chi connectivity index (χ2n) is 5.40. The number of carbonyl (C=O) groups excluding carboxylic acids is 1. The molecule has 0 radical (unpaired) electrons. The molecule has 0 spiro atoms. The Kier molecular flexibility index (Phi) is 4.86. The maximum absolute atomic E-state index is 11.9. The lowest BCUT2D eigenvalue weighted by molar-refractivity contribution is 0.0953. The Labute approximate surface area is 140 Å². The van der Waals surface area contributed by atoms with Gasteiger partial charge < -0.3 is 11.1 Å². The van der Waals surface area contributed by atoms with Gasteiger partial charge in [0.25, 0.3) is 5.91 Å². The standard InChI is InChI=1S/C18H19N5O/c19-17-13-15(22-23(17)16-6-2-1-3-7-16)5-4-10-21-18(24)14-8-11-20-12-9-14/h1-3,6-9,11-13H,4-5,10,19H2,(H,21,24). The van der Waals surface area contributed by atoms with E-state index in [1.807, 2.05) is 36.4 Å². The van der Waals surface area contributed by atoms with Gasteiger partial charge in [-0.15, -0.1) is 0 Å². The summed E-state index contributed by atoms with van der Waals surface area (Å²) in [6.07, 6.45) is 4.75. The zero-order valence-corrected chi connectivity index (χ0v) is 13.2. The summed E-state index contributed by atoms with van der Waals surface area (Å²) in [4.78, 5) is 15.8. The van der Waals surface area contributed by atoms with Crippen molar-refractivity contribution in [1.29, 1.82) is 0 Å². The molecule has 0 aliphatic heterocycles. The summed E-state index contributed by atoms with van der Waals surface area (Å²) in [5, 5.41) is 7.42. The number of carbonyl (C=O) groups is 1. The van der Waals surface area contributed by atoms with Crippen LogP contribution in [-0.2, 0) is 6.42 Å². The molecule has 0 unspecified atom stereocenters. The lowest BCUT2D eigenvalue weighted by atomic mass is 10.2. The number of amides is 1. The van der Waals surface area contributed by atoms with Gasteiger partial charge in [-0.05, 0) is 37.1 Å². The first-order valence-corrected chi connectivity index (χ1v) is 7.82. The number of pyridine rings is 1.